The lowest BCUT2D eigenvalue weighted by Gasteiger charge is -2.20. The number of para-hydroxylation sites is 1. The van der Waals surface area contributed by atoms with Gasteiger partial charge >= 0.3 is 6.03 Å². The normalized spacial score (nSPS) is 15.5. The minimum Gasteiger partial charge on any atom is -0.305 e. The van der Waals surface area contributed by atoms with Gasteiger partial charge in [-0.15, -0.1) is 11.8 Å². The minimum absolute atomic E-state index is 0.0581. The van der Waals surface area contributed by atoms with Gasteiger partial charge in [-0.1, -0.05) is 31.4 Å². The molecule has 0 unspecified atom stereocenters. The molecule has 0 heterocycles. The minimum atomic E-state index is -0.700. The maximum absolute atomic E-state index is 13.3. The molecule has 0 radical (unpaired) electrons. The van der Waals surface area contributed by atoms with E-state index in [2.05, 4.69) is 10.6 Å². The van der Waals surface area contributed by atoms with Crippen LogP contribution in [0, 0.1) is 5.82 Å². The summed E-state index contributed by atoms with van der Waals surface area (Å²) in [6.45, 7) is 0. The predicted octanol–water partition coefficient (Wildman–Crippen LogP) is 3.54. The van der Waals surface area contributed by atoms with Gasteiger partial charge in [0.25, 0.3) is 0 Å². The number of carbonyl (C=O) groups excluding carboxylic acids is 2. The van der Waals surface area contributed by atoms with E-state index in [-0.39, 0.29) is 17.3 Å². The molecule has 4 nitrogen and oxygen atoms in total. The van der Waals surface area contributed by atoms with Crippen molar-refractivity contribution in [2.75, 3.05) is 11.1 Å². The quantitative estimate of drug-likeness (QED) is 0.894. The molecule has 0 saturated heterocycles. The number of carbonyl (C=O) groups is 2. The van der Waals surface area contributed by atoms with E-state index in [1.165, 1.54) is 37.5 Å². The molecule has 1 saturated carbocycles. The van der Waals surface area contributed by atoms with Crippen molar-refractivity contribution in [1.29, 1.82) is 0 Å². The van der Waals surface area contributed by atoms with Crippen LogP contribution in [-0.2, 0) is 4.79 Å². The molecular formula is C15H19FN2O2S. The maximum Gasteiger partial charge on any atom is 0.325 e. The van der Waals surface area contributed by atoms with E-state index in [4.69, 9.17) is 0 Å². The molecule has 6 heteroatoms. The molecule has 2 rings (SSSR count). The van der Waals surface area contributed by atoms with Crippen molar-refractivity contribution in [3.05, 3.63) is 30.1 Å². The summed E-state index contributed by atoms with van der Waals surface area (Å²) < 4.78 is 13.3. The van der Waals surface area contributed by atoms with Crippen LogP contribution >= 0.6 is 11.8 Å². The Bertz CT molecular complexity index is 504. The first-order valence-corrected chi connectivity index (χ1v) is 8.17. The van der Waals surface area contributed by atoms with Crippen LogP contribution in [0.2, 0.25) is 0 Å². The van der Waals surface area contributed by atoms with Gasteiger partial charge in [0, 0.05) is 5.25 Å². The van der Waals surface area contributed by atoms with Crippen molar-refractivity contribution in [1.82, 2.24) is 5.32 Å². The van der Waals surface area contributed by atoms with Crippen LogP contribution < -0.4 is 10.6 Å². The molecule has 0 spiro atoms. The molecule has 2 N–H and O–H groups in total. The summed E-state index contributed by atoms with van der Waals surface area (Å²) in [5, 5.41) is 5.06. The Labute approximate surface area is 127 Å². The Morgan fingerprint density at radius 1 is 1.19 bits per heavy atom. The first-order chi connectivity index (χ1) is 10.1. The Morgan fingerprint density at radius 3 is 2.62 bits per heavy atom. The highest BCUT2D eigenvalue weighted by molar-refractivity contribution is 8.00. The smallest absolute Gasteiger partial charge is 0.305 e. The van der Waals surface area contributed by atoms with Crippen LogP contribution in [0.1, 0.15) is 32.1 Å². The van der Waals surface area contributed by atoms with Gasteiger partial charge in [-0.05, 0) is 25.0 Å². The number of amides is 3. The highest BCUT2D eigenvalue weighted by Gasteiger charge is 2.16. The van der Waals surface area contributed by atoms with Crippen molar-refractivity contribution >= 4 is 29.4 Å². The SMILES string of the molecule is O=C(CSC1CCCCC1)NC(=O)Nc1ccccc1F. The zero-order valence-electron chi connectivity index (χ0n) is 11.7. The monoisotopic (exact) mass is 310 g/mol. The Balaban J connectivity index is 1.72. The average Bonchev–Trinajstić information content (AvgIpc) is 2.48. The van der Waals surface area contributed by atoms with Gasteiger partial charge in [-0.25, -0.2) is 9.18 Å². The van der Waals surface area contributed by atoms with Gasteiger partial charge in [0.2, 0.25) is 5.91 Å². The van der Waals surface area contributed by atoms with Crippen LogP contribution in [-0.4, -0.2) is 22.9 Å². The number of benzene rings is 1. The molecule has 1 aliphatic rings. The third-order valence-corrected chi connectivity index (χ3v) is 4.75. The summed E-state index contributed by atoms with van der Waals surface area (Å²) in [6.07, 6.45) is 5.98. The highest BCUT2D eigenvalue weighted by atomic mass is 32.2. The summed E-state index contributed by atoms with van der Waals surface area (Å²) >= 11 is 1.59. The zero-order chi connectivity index (χ0) is 15.1. The van der Waals surface area contributed by atoms with Crippen molar-refractivity contribution in [3.8, 4) is 0 Å². The van der Waals surface area contributed by atoms with Gasteiger partial charge < -0.3 is 5.32 Å². The molecule has 0 atom stereocenters. The lowest BCUT2D eigenvalue weighted by Crippen LogP contribution is -2.36. The third kappa shape index (κ3) is 5.38. The van der Waals surface area contributed by atoms with Gasteiger partial charge in [-0.2, -0.15) is 0 Å². The molecule has 114 valence electrons. The van der Waals surface area contributed by atoms with Crippen LogP contribution in [0.15, 0.2) is 24.3 Å². The number of imide groups is 1. The highest BCUT2D eigenvalue weighted by Crippen LogP contribution is 2.27. The van der Waals surface area contributed by atoms with Gasteiger partial charge in [0.05, 0.1) is 11.4 Å². The summed E-state index contributed by atoms with van der Waals surface area (Å²) in [7, 11) is 0. The number of halogens is 1. The van der Waals surface area contributed by atoms with Gasteiger partial charge in [-0.3, -0.25) is 10.1 Å². The predicted molar refractivity (Wildman–Crippen MR) is 82.9 cm³/mol. The van der Waals surface area contributed by atoms with Crippen molar-refractivity contribution in [3.63, 3.8) is 0 Å². The molecule has 1 aromatic carbocycles. The lowest BCUT2D eigenvalue weighted by atomic mass is 10.0. The fourth-order valence-corrected chi connectivity index (χ4v) is 3.43. The fraction of sp³-hybridized carbons (Fsp3) is 0.467. The summed E-state index contributed by atoms with van der Waals surface area (Å²) in [5.74, 6) is -0.619. The first kappa shape index (κ1) is 15.8. The number of nitrogens with one attached hydrogen (secondary N) is 2. The van der Waals surface area contributed by atoms with E-state index in [1.807, 2.05) is 0 Å². The molecule has 21 heavy (non-hydrogen) atoms. The summed E-state index contributed by atoms with van der Waals surface area (Å²) in [6, 6.07) is 5.13. The maximum atomic E-state index is 13.3. The average molecular weight is 310 g/mol. The molecule has 0 aliphatic heterocycles. The topological polar surface area (TPSA) is 58.2 Å². The van der Waals surface area contributed by atoms with E-state index in [1.54, 1.807) is 17.8 Å². The zero-order valence-corrected chi connectivity index (χ0v) is 12.5. The molecule has 1 aromatic rings. The number of anilines is 1. The Kier molecular flexibility index (Phi) is 6.04. The van der Waals surface area contributed by atoms with Crippen molar-refractivity contribution in [2.24, 2.45) is 0 Å². The molecule has 0 bridgehead atoms. The number of hydrogen-bond donors (Lipinski definition) is 2. The summed E-state index contributed by atoms with van der Waals surface area (Å²) in [4.78, 5) is 23.3. The second-order valence-electron chi connectivity index (χ2n) is 5.05. The second kappa shape index (κ2) is 8.02. The van der Waals surface area contributed by atoms with E-state index in [0.717, 1.165) is 12.8 Å². The van der Waals surface area contributed by atoms with Crippen LogP contribution in [0.5, 0.6) is 0 Å². The molecule has 0 aromatic heterocycles. The standard InChI is InChI=1S/C15H19FN2O2S/c16-12-8-4-5-9-13(12)17-15(20)18-14(19)10-21-11-6-2-1-3-7-11/h4-5,8-9,11H,1-3,6-7,10H2,(H2,17,18,19,20). The van der Waals surface area contributed by atoms with Crippen molar-refractivity contribution in [2.45, 2.75) is 37.4 Å². The number of rotatable bonds is 4. The number of hydrogen-bond acceptors (Lipinski definition) is 3. The van der Waals surface area contributed by atoms with Crippen LogP contribution in [0.25, 0.3) is 0 Å². The molecule has 1 aliphatic carbocycles. The molecular weight excluding hydrogens is 291 g/mol. The van der Waals surface area contributed by atoms with Crippen LogP contribution in [0.4, 0.5) is 14.9 Å². The summed E-state index contributed by atoms with van der Waals surface area (Å²) in [5.41, 5.74) is 0.0581. The lowest BCUT2D eigenvalue weighted by molar-refractivity contribution is -0.117. The Hall–Kier alpha value is -1.56. The van der Waals surface area contributed by atoms with E-state index < -0.39 is 11.8 Å². The third-order valence-electron chi connectivity index (χ3n) is 3.38. The van der Waals surface area contributed by atoms with Gasteiger partial charge in [0.15, 0.2) is 0 Å². The number of thioether (sulfide) groups is 1. The van der Waals surface area contributed by atoms with Crippen LogP contribution in [0.3, 0.4) is 0 Å². The Morgan fingerprint density at radius 2 is 1.90 bits per heavy atom. The fourth-order valence-electron chi connectivity index (χ4n) is 2.30. The number of urea groups is 1. The van der Waals surface area contributed by atoms with E-state index in [0.29, 0.717) is 5.25 Å². The second-order valence-corrected chi connectivity index (χ2v) is 6.34. The van der Waals surface area contributed by atoms with E-state index in [9.17, 15) is 14.0 Å². The van der Waals surface area contributed by atoms with Gasteiger partial charge in [0.1, 0.15) is 5.82 Å². The first-order valence-electron chi connectivity index (χ1n) is 7.12. The molecule has 1 fully saturated rings. The molecule has 3 amide bonds. The largest absolute Gasteiger partial charge is 0.325 e. The van der Waals surface area contributed by atoms with Crippen molar-refractivity contribution < 1.29 is 14.0 Å². The van der Waals surface area contributed by atoms with E-state index >= 15 is 0 Å².